The molecule has 1 fully saturated rings. The second-order valence-corrected chi connectivity index (χ2v) is 5.21. The Balaban J connectivity index is 1.57. The molecule has 0 bridgehead atoms. The van der Waals surface area contributed by atoms with Crippen LogP contribution in [0.1, 0.15) is 29.6 Å². The summed E-state index contributed by atoms with van der Waals surface area (Å²) in [5, 5.41) is 7.32. The number of carbonyl (C=O) groups is 1. The van der Waals surface area contributed by atoms with E-state index in [1.165, 1.54) is 12.8 Å². The van der Waals surface area contributed by atoms with Crippen LogP contribution < -0.4 is 10.6 Å². The molecule has 3 rings (SSSR count). The van der Waals surface area contributed by atoms with E-state index in [1.807, 2.05) is 30.3 Å². The van der Waals surface area contributed by atoms with Crippen molar-refractivity contribution in [3.05, 3.63) is 42.1 Å². The molecule has 1 aliphatic rings. The van der Waals surface area contributed by atoms with Crippen LogP contribution in [-0.2, 0) is 0 Å². The average molecular weight is 269 g/mol. The zero-order valence-electron chi connectivity index (χ0n) is 11.4. The van der Waals surface area contributed by atoms with Gasteiger partial charge >= 0.3 is 0 Å². The molecule has 0 unspecified atom stereocenters. The first-order valence-corrected chi connectivity index (χ1v) is 7.20. The molecule has 1 aromatic heterocycles. The molecule has 20 heavy (non-hydrogen) atoms. The third-order valence-corrected chi connectivity index (χ3v) is 3.54. The van der Waals surface area contributed by atoms with Gasteiger partial charge in [-0.1, -0.05) is 12.1 Å². The maximum atomic E-state index is 12.2. The number of rotatable bonds is 6. The molecule has 1 heterocycles. The highest BCUT2D eigenvalue weighted by molar-refractivity contribution is 6.06. The molecular formula is C16H19N3O. The Kier molecular flexibility index (Phi) is 3.92. The second-order valence-electron chi connectivity index (χ2n) is 5.21. The summed E-state index contributed by atoms with van der Waals surface area (Å²) in [5.41, 5.74) is 1.56. The van der Waals surface area contributed by atoms with Gasteiger partial charge in [-0.2, -0.15) is 0 Å². The van der Waals surface area contributed by atoms with Crippen molar-refractivity contribution in [2.75, 3.05) is 13.1 Å². The van der Waals surface area contributed by atoms with Crippen molar-refractivity contribution < 1.29 is 4.79 Å². The summed E-state index contributed by atoms with van der Waals surface area (Å²) in [6, 6.07) is 10.2. The van der Waals surface area contributed by atoms with Crippen LogP contribution in [-0.4, -0.2) is 30.0 Å². The van der Waals surface area contributed by atoms with E-state index < -0.39 is 0 Å². The topological polar surface area (TPSA) is 54.0 Å². The average Bonchev–Trinajstić information content (AvgIpc) is 3.30. The third-order valence-electron chi connectivity index (χ3n) is 3.54. The van der Waals surface area contributed by atoms with Gasteiger partial charge in [0.25, 0.3) is 5.91 Å². The van der Waals surface area contributed by atoms with Crippen molar-refractivity contribution in [3.63, 3.8) is 0 Å². The van der Waals surface area contributed by atoms with Crippen LogP contribution in [0.3, 0.4) is 0 Å². The zero-order chi connectivity index (χ0) is 13.8. The fraction of sp³-hybridized carbons (Fsp3) is 0.375. The van der Waals surface area contributed by atoms with Gasteiger partial charge in [0.1, 0.15) is 0 Å². The first-order chi connectivity index (χ1) is 9.84. The normalized spacial score (nSPS) is 14.4. The number of amides is 1. The van der Waals surface area contributed by atoms with E-state index in [0.717, 1.165) is 29.9 Å². The molecule has 4 nitrogen and oxygen atoms in total. The van der Waals surface area contributed by atoms with Crippen LogP contribution in [0.2, 0.25) is 0 Å². The van der Waals surface area contributed by atoms with Crippen molar-refractivity contribution in [2.24, 2.45) is 0 Å². The molecule has 0 radical (unpaired) electrons. The molecule has 2 aromatic rings. The fourth-order valence-corrected chi connectivity index (χ4v) is 2.28. The minimum atomic E-state index is -0.0185. The second kappa shape index (κ2) is 6.01. The first kappa shape index (κ1) is 13.1. The van der Waals surface area contributed by atoms with Gasteiger partial charge < -0.3 is 10.6 Å². The van der Waals surface area contributed by atoms with Crippen molar-refractivity contribution >= 4 is 16.8 Å². The number of nitrogens with zero attached hydrogens (tertiary/aromatic N) is 1. The SMILES string of the molecule is O=C(NCCCNC1CC1)c1cccc2ncccc12. The smallest absolute Gasteiger partial charge is 0.251 e. The van der Waals surface area contributed by atoms with E-state index in [2.05, 4.69) is 15.6 Å². The van der Waals surface area contributed by atoms with Gasteiger partial charge in [-0.05, 0) is 44.0 Å². The highest BCUT2D eigenvalue weighted by Gasteiger charge is 2.19. The molecule has 1 amide bonds. The van der Waals surface area contributed by atoms with Gasteiger partial charge in [-0.25, -0.2) is 0 Å². The summed E-state index contributed by atoms with van der Waals surface area (Å²) in [4.78, 5) is 16.5. The quantitative estimate of drug-likeness (QED) is 0.790. The molecule has 0 spiro atoms. The molecule has 0 saturated heterocycles. The lowest BCUT2D eigenvalue weighted by Gasteiger charge is -2.08. The Morgan fingerprint density at radius 3 is 2.95 bits per heavy atom. The fourth-order valence-electron chi connectivity index (χ4n) is 2.28. The van der Waals surface area contributed by atoms with Gasteiger partial charge in [-0.15, -0.1) is 0 Å². The molecular weight excluding hydrogens is 250 g/mol. The van der Waals surface area contributed by atoms with Crippen molar-refractivity contribution in [1.82, 2.24) is 15.6 Å². The van der Waals surface area contributed by atoms with Crippen molar-refractivity contribution in [2.45, 2.75) is 25.3 Å². The van der Waals surface area contributed by atoms with E-state index in [-0.39, 0.29) is 5.91 Å². The molecule has 4 heteroatoms. The number of nitrogens with one attached hydrogen (secondary N) is 2. The van der Waals surface area contributed by atoms with Crippen LogP contribution in [0.25, 0.3) is 10.9 Å². The van der Waals surface area contributed by atoms with E-state index in [9.17, 15) is 4.79 Å². The lowest BCUT2D eigenvalue weighted by molar-refractivity contribution is 0.0955. The Morgan fingerprint density at radius 1 is 1.20 bits per heavy atom. The lowest BCUT2D eigenvalue weighted by Crippen LogP contribution is -2.28. The molecule has 0 aliphatic heterocycles. The maximum absolute atomic E-state index is 12.2. The monoisotopic (exact) mass is 269 g/mol. The standard InChI is InChI=1S/C16H19N3O/c20-16(19-11-3-10-17-12-7-8-12)14-4-1-6-15-13(14)5-2-9-18-15/h1-2,4-6,9,12,17H,3,7-8,10-11H2,(H,19,20). The number of benzene rings is 1. The largest absolute Gasteiger partial charge is 0.352 e. The van der Waals surface area contributed by atoms with Gasteiger partial charge in [0.05, 0.1) is 5.52 Å². The molecule has 1 aliphatic carbocycles. The molecule has 104 valence electrons. The maximum Gasteiger partial charge on any atom is 0.251 e. The Morgan fingerprint density at radius 2 is 2.10 bits per heavy atom. The summed E-state index contributed by atoms with van der Waals surface area (Å²) >= 11 is 0. The molecule has 1 saturated carbocycles. The van der Waals surface area contributed by atoms with Crippen LogP contribution in [0.5, 0.6) is 0 Å². The number of pyridine rings is 1. The summed E-state index contributed by atoms with van der Waals surface area (Å²) in [7, 11) is 0. The highest BCUT2D eigenvalue weighted by Crippen LogP contribution is 2.18. The summed E-state index contributed by atoms with van der Waals surface area (Å²) < 4.78 is 0. The zero-order valence-corrected chi connectivity index (χ0v) is 11.4. The number of hydrogen-bond acceptors (Lipinski definition) is 3. The van der Waals surface area contributed by atoms with E-state index >= 15 is 0 Å². The highest BCUT2D eigenvalue weighted by atomic mass is 16.1. The van der Waals surface area contributed by atoms with E-state index in [1.54, 1.807) is 6.20 Å². The van der Waals surface area contributed by atoms with Gasteiger partial charge in [0.15, 0.2) is 0 Å². The summed E-state index contributed by atoms with van der Waals surface area (Å²) in [6.07, 6.45) is 5.31. The minimum Gasteiger partial charge on any atom is -0.352 e. The van der Waals surface area contributed by atoms with Crippen molar-refractivity contribution in [1.29, 1.82) is 0 Å². The predicted molar refractivity (Wildman–Crippen MR) is 79.7 cm³/mol. The Hall–Kier alpha value is -1.94. The third kappa shape index (κ3) is 3.14. The van der Waals surface area contributed by atoms with Crippen LogP contribution >= 0.6 is 0 Å². The van der Waals surface area contributed by atoms with Crippen molar-refractivity contribution in [3.8, 4) is 0 Å². The number of carbonyl (C=O) groups excluding carboxylic acids is 1. The first-order valence-electron chi connectivity index (χ1n) is 7.20. The van der Waals surface area contributed by atoms with Crippen LogP contribution in [0.4, 0.5) is 0 Å². The lowest BCUT2D eigenvalue weighted by atomic mass is 10.1. The van der Waals surface area contributed by atoms with E-state index in [4.69, 9.17) is 0 Å². The van der Waals surface area contributed by atoms with E-state index in [0.29, 0.717) is 12.1 Å². The number of aromatic nitrogens is 1. The van der Waals surface area contributed by atoms with Gasteiger partial charge in [0.2, 0.25) is 0 Å². The number of hydrogen-bond donors (Lipinski definition) is 2. The van der Waals surface area contributed by atoms with Gasteiger partial charge in [-0.3, -0.25) is 9.78 Å². The molecule has 2 N–H and O–H groups in total. The van der Waals surface area contributed by atoms with Gasteiger partial charge in [0, 0.05) is 29.7 Å². The van der Waals surface area contributed by atoms with Crippen LogP contribution in [0.15, 0.2) is 36.5 Å². The van der Waals surface area contributed by atoms with Crippen LogP contribution in [0, 0.1) is 0 Å². The Labute approximate surface area is 118 Å². The minimum absolute atomic E-state index is 0.0185. The summed E-state index contributed by atoms with van der Waals surface area (Å²) in [6.45, 7) is 1.68. The molecule has 1 aromatic carbocycles. The summed E-state index contributed by atoms with van der Waals surface area (Å²) in [5.74, 6) is -0.0185. The number of fused-ring (bicyclic) bond motifs is 1. The predicted octanol–water partition coefficient (Wildman–Crippen LogP) is 2.11. The Bertz CT molecular complexity index is 602. The molecule has 0 atom stereocenters.